The summed E-state index contributed by atoms with van der Waals surface area (Å²) in [5, 5.41) is 1.37. The van der Waals surface area contributed by atoms with Crippen LogP contribution in [0, 0.1) is 0 Å². The molecule has 1 aromatic carbocycles. The van der Waals surface area contributed by atoms with Crippen LogP contribution in [0.3, 0.4) is 0 Å². The van der Waals surface area contributed by atoms with E-state index < -0.39 is 0 Å². The number of amides is 2. The van der Waals surface area contributed by atoms with Crippen molar-refractivity contribution in [3.05, 3.63) is 30.3 Å². The Labute approximate surface area is 115 Å². The van der Waals surface area contributed by atoms with Gasteiger partial charge in [0.15, 0.2) is 0 Å². The molecule has 0 unspecified atom stereocenters. The second-order valence-corrected chi connectivity index (χ2v) is 4.26. The molecule has 0 heterocycles. The van der Waals surface area contributed by atoms with Gasteiger partial charge in [-0.15, -0.1) is 0 Å². The molecular formula is C14H24N4O. The van der Waals surface area contributed by atoms with Crippen LogP contribution in [0.15, 0.2) is 30.3 Å². The van der Waals surface area contributed by atoms with Crippen LogP contribution < -0.4 is 15.8 Å². The first-order valence-electron chi connectivity index (χ1n) is 6.76. The summed E-state index contributed by atoms with van der Waals surface area (Å²) in [6, 6.07) is 9.64. The Morgan fingerprint density at radius 1 is 1.11 bits per heavy atom. The minimum Gasteiger partial charge on any atom is -0.292 e. The third-order valence-corrected chi connectivity index (χ3v) is 2.92. The predicted octanol–water partition coefficient (Wildman–Crippen LogP) is 2.37. The van der Waals surface area contributed by atoms with Gasteiger partial charge in [0.2, 0.25) is 0 Å². The number of rotatable bonds is 7. The monoisotopic (exact) mass is 264 g/mol. The van der Waals surface area contributed by atoms with Crippen molar-refractivity contribution in [2.75, 3.05) is 25.5 Å². The van der Waals surface area contributed by atoms with Crippen LogP contribution >= 0.6 is 0 Å². The first-order chi connectivity index (χ1) is 9.24. The van der Waals surface area contributed by atoms with Crippen molar-refractivity contribution in [3.63, 3.8) is 0 Å². The number of urea groups is 1. The van der Waals surface area contributed by atoms with Crippen molar-refractivity contribution in [3.8, 4) is 0 Å². The van der Waals surface area contributed by atoms with Crippen molar-refractivity contribution >= 4 is 11.7 Å². The number of unbranched alkanes of at least 4 members (excludes halogenated alkanes) is 2. The lowest BCUT2D eigenvalue weighted by Gasteiger charge is -2.29. The number of hydrazine groups is 2. The second-order valence-electron chi connectivity index (χ2n) is 4.26. The Hall–Kier alpha value is -1.59. The molecular weight excluding hydrogens is 240 g/mol. The van der Waals surface area contributed by atoms with Gasteiger partial charge >= 0.3 is 6.03 Å². The summed E-state index contributed by atoms with van der Waals surface area (Å²) in [5.74, 6) is 0. The zero-order valence-corrected chi connectivity index (χ0v) is 12.0. The number of nitrogens with one attached hydrogen (secondary N) is 2. The van der Waals surface area contributed by atoms with Gasteiger partial charge in [-0.05, 0) is 18.6 Å². The Morgan fingerprint density at radius 3 is 2.26 bits per heavy atom. The molecule has 5 heteroatoms. The fraction of sp³-hybridized carbons (Fsp3) is 0.500. The SMILES string of the molecule is CCCCCN(C(=O)N(NC)NC)c1ccccc1. The quantitative estimate of drug-likeness (QED) is 0.587. The van der Waals surface area contributed by atoms with Crippen LogP contribution in [-0.2, 0) is 0 Å². The Bertz CT molecular complexity index is 365. The third kappa shape index (κ3) is 4.54. The molecule has 1 aromatic rings. The van der Waals surface area contributed by atoms with Gasteiger partial charge in [0.25, 0.3) is 0 Å². The molecule has 0 saturated carbocycles. The number of carbonyl (C=O) groups excluding carboxylic acids is 1. The third-order valence-electron chi connectivity index (χ3n) is 2.92. The molecule has 0 radical (unpaired) electrons. The average Bonchev–Trinajstić information content (AvgIpc) is 2.46. The van der Waals surface area contributed by atoms with E-state index in [-0.39, 0.29) is 6.03 Å². The maximum atomic E-state index is 12.4. The number of anilines is 1. The van der Waals surface area contributed by atoms with E-state index in [9.17, 15) is 4.79 Å². The van der Waals surface area contributed by atoms with Crippen molar-refractivity contribution in [2.24, 2.45) is 0 Å². The lowest BCUT2D eigenvalue weighted by Crippen LogP contribution is -2.54. The van der Waals surface area contributed by atoms with E-state index in [2.05, 4.69) is 17.8 Å². The highest BCUT2D eigenvalue weighted by molar-refractivity contribution is 5.91. The van der Waals surface area contributed by atoms with E-state index in [4.69, 9.17) is 0 Å². The van der Waals surface area contributed by atoms with E-state index >= 15 is 0 Å². The second kappa shape index (κ2) is 8.50. The molecule has 0 saturated heterocycles. The van der Waals surface area contributed by atoms with Crippen LogP contribution in [0.5, 0.6) is 0 Å². The first-order valence-corrected chi connectivity index (χ1v) is 6.76. The molecule has 0 aliphatic rings. The number of carbonyl (C=O) groups is 1. The molecule has 0 spiro atoms. The van der Waals surface area contributed by atoms with Gasteiger partial charge in [0.05, 0.1) is 0 Å². The maximum absolute atomic E-state index is 12.4. The largest absolute Gasteiger partial charge is 0.353 e. The molecule has 2 N–H and O–H groups in total. The van der Waals surface area contributed by atoms with Gasteiger partial charge < -0.3 is 0 Å². The van der Waals surface area contributed by atoms with Crippen LogP contribution in [-0.4, -0.2) is 31.8 Å². The number of benzene rings is 1. The van der Waals surface area contributed by atoms with Crippen molar-refractivity contribution in [1.82, 2.24) is 16.0 Å². The Morgan fingerprint density at radius 2 is 1.74 bits per heavy atom. The van der Waals surface area contributed by atoms with Gasteiger partial charge in [0.1, 0.15) is 0 Å². The summed E-state index contributed by atoms with van der Waals surface area (Å²) in [5.41, 5.74) is 6.56. The van der Waals surface area contributed by atoms with E-state index in [1.807, 2.05) is 30.3 Å². The Kier molecular flexibility index (Phi) is 6.92. The fourth-order valence-corrected chi connectivity index (χ4v) is 1.89. The van der Waals surface area contributed by atoms with Crippen LogP contribution in [0.2, 0.25) is 0 Å². The van der Waals surface area contributed by atoms with E-state index in [0.29, 0.717) is 0 Å². The van der Waals surface area contributed by atoms with Gasteiger partial charge in [0, 0.05) is 26.3 Å². The standard InChI is InChI=1S/C14H24N4O/c1-4-5-9-12-17(13-10-7-6-8-11-13)14(19)18(15-2)16-3/h6-8,10-11,15-16H,4-5,9,12H2,1-3H3. The summed E-state index contributed by atoms with van der Waals surface area (Å²) >= 11 is 0. The molecule has 0 bridgehead atoms. The number of hydrogen-bond donors (Lipinski definition) is 2. The zero-order chi connectivity index (χ0) is 14.1. The van der Waals surface area contributed by atoms with E-state index in [0.717, 1.165) is 31.5 Å². The lowest BCUT2D eigenvalue weighted by atomic mass is 10.2. The number of para-hydroxylation sites is 1. The number of hydrogen-bond acceptors (Lipinski definition) is 3. The topological polar surface area (TPSA) is 47.6 Å². The van der Waals surface area contributed by atoms with E-state index in [1.54, 1.807) is 19.0 Å². The molecule has 0 fully saturated rings. The molecule has 1 rings (SSSR count). The maximum Gasteiger partial charge on any atom is 0.353 e. The fourth-order valence-electron chi connectivity index (χ4n) is 1.89. The summed E-state index contributed by atoms with van der Waals surface area (Å²) in [6.45, 7) is 2.87. The minimum atomic E-state index is -0.104. The van der Waals surface area contributed by atoms with Crippen LogP contribution in [0.25, 0.3) is 0 Å². The molecule has 0 aromatic heterocycles. The van der Waals surface area contributed by atoms with Gasteiger partial charge in [-0.25, -0.2) is 15.6 Å². The van der Waals surface area contributed by atoms with Crippen molar-refractivity contribution in [1.29, 1.82) is 0 Å². The molecule has 5 nitrogen and oxygen atoms in total. The van der Waals surface area contributed by atoms with Crippen LogP contribution in [0.4, 0.5) is 10.5 Å². The van der Waals surface area contributed by atoms with Crippen molar-refractivity contribution in [2.45, 2.75) is 26.2 Å². The average molecular weight is 264 g/mol. The summed E-state index contributed by atoms with van der Waals surface area (Å²) in [4.78, 5) is 14.2. The highest BCUT2D eigenvalue weighted by Gasteiger charge is 2.20. The highest BCUT2D eigenvalue weighted by atomic mass is 16.2. The van der Waals surface area contributed by atoms with Gasteiger partial charge in [-0.1, -0.05) is 38.0 Å². The minimum absolute atomic E-state index is 0.104. The van der Waals surface area contributed by atoms with E-state index in [1.165, 1.54) is 5.12 Å². The molecule has 2 amide bonds. The molecule has 106 valence electrons. The molecule has 0 aliphatic carbocycles. The first kappa shape index (κ1) is 15.5. The van der Waals surface area contributed by atoms with Crippen molar-refractivity contribution < 1.29 is 4.79 Å². The predicted molar refractivity (Wildman–Crippen MR) is 78.7 cm³/mol. The smallest absolute Gasteiger partial charge is 0.292 e. The van der Waals surface area contributed by atoms with Gasteiger partial charge in [-0.3, -0.25) is 4.90 Å². The summed E-state index contributed by atoms with van der Waals surface area (Å²) in [7, 11) is 3.42. The Balaban J connectivity index is 2.82. The summed E-state index contributed by atoms with van der Waals surface area (Å²) in [6.07, 6.45) is 3.26. The number of nitrogens with zero attached hydrogens (tertiary/aromatic N) is 2. The molecule has 0 atom stereocenters. The van der Waals surface area contributed by atoms with Crippen LogP contribution in [0.1, 0.15) is 26.2 Å². The molecule has 19 heavy (non-hydrogen) atoms. The van der Waals surface area contributed by atoms with Gasteiger partial charge in [-0.2, -0.15) is 5.12 Å². The summed E-state index contributed by atoms with van der Waals surface area (Å²) < 4.78 is 0. The molecule has 0 aliphatic heterocycles. The zero-order valence-electron chi connectivity index (χ0n) is 12.0. The lowest BCUT2D eigenvalue weighted by molar-refractivity contribution is 0.156. The highest BCUT2D eigenvalue weighted by Crippen LogP contribution is 2.15. The normalized spacial score (nSPS) is 10.3.